The second-order valence-corrected chi connectivity index (χ2v) is 5.72. The van der Waals surface area contributed by atoms with Crippen molar-refractivity contribution in [2.75, 3.05) is 19.8 Å². The lowest BCUT2D eigenvalue weighted by molar-refractivity contribution is -0.139. The third kappa shape index (κ3) is 3.10. The van der Waals surface area contributed by atoms with Crippen molar-refractivity contribution in [2.24, 2.45) is 0 Å². The van der Waals surface area contributed by atoms with E-state index in [1.165, 1.54) is 16.5 Å². The van der Waals surface area contributed by atoms with Gasteiger partial charge >= 0.3 is 0 Å². The summed E-state index contributed by atoms with van der Waals surface area (Å²) >= 11 is 0. The zero-order chi connectivity index (χ0) is 14.7. The van der Waals surface area contributed by atoms with Gasteiger partial charge in [0.2, 0.25) is 5.91 Å². The number of nitrogens with one attached hydrogen (secondary N) is 1. The molecule has 1 saturated heterocycles. The van der Waals surface area contributed by atoms with Gasteiger partial charge in [0, 0.05) is 30.1 Å². The Bertz CT molecular complexity index is 620. The van der Waals surface area contributed by atoms with Crippen LogP contribution in [-0.4, -0.2) is 41.6 Å². The number of hydrogen-bond acceptors (Lipinski definition) is 2. The molecule has 0 bridgehead atoms. The molecule has 2 aromatic rings. The van der Waals surface area contributed by atoms with Gasteiger partial charge in [-0.05, 0) is 31.4 Å². The molecular formula is C17H22N2O2. The maximum absolute atomic E-state index is 12.3. The van der Waals surface area contributed by atoms with Crippen molar-refractivity contribution in [1.29, 1.82) is 0 Å². The van der Waals surface area contributed by atoms with Gasteiger partial charge in [-0.2, -0.15) is 0 Å². The van der Waals surface area contributed by atoms with Crippen LogP contribution in [0.3, 0.4) is 0 Å². The van der Waals surface area contributed by atoms with Crippen LogP contribution in [0.1, 0.15) is 25.3 Å². The summed E-state index contributed by atoms with van der Waals surface area (Å²) in [5.74, 6) is 0.255. The molecule has 1 aromatic carbocycles. The van der Waals surface area contributed by atoms with E-state index in [4.69, 9.17) is 4.74 Å². The molecule has 1 atom stereocenters. The Labute approximate surface area is 125 Å². The largest absolute Gasteiger partial charge is 0.377 e. The van der Waals surface area contributed by atoms with Gasteiger partial charge in [0.1, 0.15) is 0 Å². The van der Waals surface area contributed by atoms with E-state index in [1.807, 2.05) is 11.0 Å². The predicted molar refractivity (Wildman–Crippen MR) is 83.2 cm³/mol. The highest BCUT2D eigenvalue weighted by atomic mass is 16.5. The molecule has 1 N–H and O–H groups in total. The van der Waals surface area contributed by atoms with E-state index in [-0.39, 0.29) is 11.9 Å². The molecule has 0 saturated carbocycles. The number of ether oxygens (including phenoxy) is 1. The lowest BCUT2D eigenvalue weighted by atomic mass is 10.1. The van der Waals surface area contributed by atoms with Gasteiger partial charge in [-0.3, -0.25) is 4.79 Å². The monoisotopic (exact) mass is 286 g/mol. The first kappa shape index (κ1) is 14.1. The van der Waals surface area contributed by atoms with Crippen LogP contribution in [0.2, 0.25) is 0 Å². The SMILES string of the molecule is CC1COCCN1C(=O)CCCc1c[nH]c2ccccc12. The quantitative estimate of drug-likeness (QED) is 0.939. The molecule has 0 radical (unpaired) electrons. The third-order valence-corrected chi connectivity index (χ3v) is 4.20. The van der Waals surface area contributed by atoms with Gasteiger partial charge in [0.25, 0.3) is 0 Å². The highest BCUT2D eigenvalue weighted by Gasteiger charge is 2.23. The highest BCUT2D eigenvalue weighted by Crippen LogP contribution is 2.20. The summed E-state index contributed by atoms with van der Waals surface area (Å²) in [6.45, 7) is 4.11. The van der Waals surface area contributed by atoms with Gasteiger partial charge in [-0.15, -0.1) is 0 Å². The summed E-state index contributed by atoms with van der Waals surface area (Å²) in [6, 6.07) is 8.51. The molecule has 3 rings (SSSR count). The number of fused-ring (bicyclic) bond motifs is 1. The first-order valence-electron chi connectivity index (χ1n) is 7.68. The van der Waals surface area contributed by atoms with Crippen LogP contribution in [0, 0.1) is 0 Å². The fourth-order valence-electron chi connectivity index (χ4n) is 3.01. The van der Waals surface area contributed by atoms with E-state index in [2.05, 4.69) is 36.3 Å². The van der Waals surface area contributed by atoms with E-state index in [0.717, 1.165) is 19.4 Å². The minimum absolute atomic E-state index is 0.208. The molecule has 1 amide bonds. The second-order valence-electron chi connectivity index (χ2n) is 5.72. The highest BCUT2D eigenvalue weighted by molar-refractivity contribution is 5.83. The fourth-order valence-corrected chi connectivity index (χ4v) is 3.01. The van der Waals surface area contributed by atoms with Crippen molar-refractivity contribution in [3.8, 4) is 0 Å². The van der Waals surface area contributed by atoms with Gasteiger partial charge in [-0.1, -0.05) is 18.2 Å². The Morgan fingerprint density at radius 3 is 3.14 bits per heavy atom. The molecule has 1 fully saturated rings. The molecule has 0 spiro atoms. The first-order chi connectivity index (χ1) is 10.3. The third-order valence-electron chi connectivity index (χ3n) is 4.20. The number of morpholine rings is 1. The van der Waals surface area contributed by atoms with Crippen molar-refractivity contribution >= 4 is 16.8 Å². The number of nitrogens with zero attached hydrogens (tertiary/aromatic N) is 1. The lowest BCUT2D eigenvalue weighted by Crippen LogP contribution is -2.47. The van der Waals surface area contributed by atoms with Crippen LogP contribution in [0.15, 0.2) is 30.5 Å². The van der Waals surface area contributed by atoms with Crippen LogP contribution >= 0.6 is 0 Å². The number of hydrogen-bond donors (Lipinski definition) is 1. The summed E-state index contributed by atoms with van der Waals surface area (Å²) in [7, 11) is 0. The van der Waals surface area contributed by atoms with E-state index in [1.54, 1.807) is 0 Å². The minimum atomic E-state index is 0.208. The van der Waals surface area contributed by atoms with Crippen molar-refractivity contribution < 1.29 is 9.53 Å². The molecule has 1 aliphatic rings. The molecule has 21 heavy (non-hydrogen) atoms. The van der Waals surface area contributed by atoms with Gasteiger partial charge < -0.3 is 14.6 Å². The minimum Gasteiger partial charge on any atom is -0.377 e. The Kier molecular flexibility index (Phi) is 4.25. The average Bonchev–Trinajstić information content (AvgIpc) is 2.91. The van der Waals surface area contributed by atoms with Crippen LogP contribution < -0.4 is 0 Å². The number of H-pyrrole nitrogens is 1. The number of para-hydroxylation sites is 1. The smallest absolute Gasteiger partial charge is 0.222 e. The molecule has 4 nitrogen and oxygen atoms in total. The van der Waals surface area contributed by atoms with E-state index in [9.17, 15) is 4.79 Å². The Hall–Kier alpha value is -1.81. The van der Waals surface area contributed by atoms with Gasteiger partial charge in [-0.25, -0.2) is 0 Å². The number of aromatic amines is 1. The van der Waals surface area contributed by atoms with Crippen molar-refractivity contribution in [2.45, 2.75) is 32.2 Å². The van der Waals surface area contributed by atoms with Gasteiger partial charge in [0.05, 0.1) is 19.3 Å². The molecule has 0 aliphatic carbocycles. The molecule has 4 heteroatoms. The summed E-state index contributed by atoms with van der Waals surface area (Å²) < 4.78 is 5.38. The topological polar surface area (TPSA) is 45.3 Å². The number of aromatic nitrogens is 1. The summed E-state index contributed by atoms with van der Waals surface area (Å²) in [5.41, 5.74) is 2.47. The second kappa shape index (κ2) is 6.31. The number of rotatable bonds is 4. The van der Waals surface area contributed by atoms with Gasteiger partial charge in [0.15, 0.2) is 0 Å². The molecular weight excluding hydrogens is 264 g/mol. The van der Waals surface area contributed by atoms with Crippen LogP contribution in [0.5, 0.6) is 0 Å². The van der Waals surface area contributed by atoms with Crippen molar-refractivity contribution in [3.63, 3.8) is 0 Å². The molecule has 1 aliphatic heterocycles. The zero-order valence-electron chi connectivity index (χ0n) is 12.5. The van der Waals surface area contributed by atoms with Crippen LogP contribution in [0.25, 0.3) is 10.9 Å². The first-order valence-corrected chi connectivity index (χ1v) is 7.68. The van der Waals surface area contributed by atoms with E-state index < -0.39 is 0 Å². The standard InChI is InChI=1S/C17H22N2O2/c1-13-12-21-10-9-19(13)17(20)8-4-5-14-11-18-16-7-3-2-6-15(14)16/h2-3,6-7,11,13,18H,4-5,8-10,12H2,1H3. The number of benzene rings is 1. The van der Waals surface area contributed by atoms with Crippen LogP contribution in [-0.2, 0) is 16.0 Å². The zero-order valence-corrected chi connectivity index (χ0v) is 12.5. The molecule has 112 valence electrons. The Morgan fingerprint density at radius 2 is 2.29 bits per heavy atom. The summed E-state index contributed by atoms with van der Waals surface area (Å²) in [6.07, 6.45) is 4.51. The van der Waals surface area contributed by atoms with E-state index in [0.29, 0.717) is 19.6 Å². The maximum Gasteiger partial charge on any atom is 0.222 e. The van der Waals surface area contributed by atoms with Crippen molar-refractivity contribution in [3.05, 3.63) is 36.0 Å². The number of carbonyl (C=O) groups is 1. The van der Waals surface area contributed by atoms with Crippen LogP contribution in [0.4, 0.5) is 0 Å². The lowest BCUT2D eigenvalue weighted by Gasteiger charge is -2.33. The molecule has 1 aromatic heterocycles. The Morgan fingerprint density at radius 1 is 1.43 bits per heavy atom. The maximum atomic E-state index is 12.3. The number of amides is 1. The fraction of sp³-hybridized carbons (Fsp3) is 0.471. The van der Waals surface area contributed by atoms with Crippen molar-refractivity contribution in [1.82, 2.24) is 9.88 Å². The number of aryl methyl sites for hydroxylation is 1. The summed E-state index contributed by atoms with van der Waals surface area (Å²) in [4.78, 5) is 17.5. The normalized spacial score (nSPS) is 19.1. The summed E-state index contributed by atoms with van der Waals surface area (Å²) in [5, 5.41) is 1.27. The van der Waals surface area contributed by atoms with E-state index >= 15 is 0 Å². The number of carbonyl (C=O) groups excluding carboxylic acids is 1. The molecule has 1 unspecified atom stereocenters. The average molecular weight is 286 g/mol. The molecule has 2 heterocycles. The Balaban J connectivity index is 1.55. The predicted octanol–water partition coefficient (Wildman–Crippen LogP) is 2.74.